The molecule has 2 atom stereocenters. The molecule has 5 nitrogen and oxygen atoms in total. The number of rotatable bonds is 6. The Morgan fingerprint density at radius 1 is 1.27 bits per heavy atom. The lowest BCUT2D eigenvalue weighted by atomic mass is 9.86. The van der Waals surface area contributed by atoms with Crippen molar-refractivity contribution >= 4 is 5.97 Å². The summed E-state index contributed by atoms with van der Waals surface area (Å²) in [6.07, 6.45) is 0.898. The third-order valence-corrected chi connectivity index (χ3v) is 4.46. The van der Waals surface area contributed by atoms with E-state index >= 15 is 0 Å². The highest BCUT2D eigenvalue weighted by Gasteiger charge is 2.33. The summed E-state index contributed by atoms with van der Waals surface area (Å²) in [5.74, 6) is 0.820. The van der Waals surface area contributed by atoms with Crippen molar-refractivity contribution in [1.82, 2.24) is 4.90 Å². The number of ether oxygens (including phenoxy) is 2. The molecule has 0 amide bonds. The lowest BCUT2D eigenvalue weighted by Crippen LogP contribution is -2.27. The van der Waals surface area contributed by atoms with Gasteiger partial charge in [0.05, 0.1) is 14.2 Å². The molecule has 1 aromatic rings. The number of likely N-dealkylation sites (tertiary alicyclic amines) is 1. The molecule has 5 heteroatoms. The van der Waals surface area contributed by atoms with E-state index < -0.39 is 5.97 Å². The third-order valence-electron chi connectivity index (χ3n) is 4.46. The number of carbonyl (C=O) groups excluding carboxylic acids is 1. The second-order valence-corrected chi connectivity index (χ2v) is 5.92. The Kier molecular flexibility index (Phi) is 5.29. The summed E-state index contributed by atoms with van der Waals surface area (Å²) < 4.78 is 11.0. The Labute approximate surface area is 131 Å². The molecule has 0 saturated carbocycles. The van der Waals surface area contributed by atoms with Gasteiger partial charge < -0.3 is 24.3 Å². The number of aliphatic carboxylic acids is 1. The van der Waals surface area contributed by atoms with Crippen molar-refractivity contribution in [3.05, 3.63) is 23.3 Å². The molecule has 2 rings (SSSR count). The van der Waals surface area contributed by atoms with Gasteiger partial charge in [0.2, 0.25) is 0 Å². The molecule has 22 heavy (non-hydrogen) atoms. The van der Waals surface area contributed by atoms with Crippen LogP contribution in [0.3, 0.4) is 0 Å². The normalized spacial score (nSPS) is 21.8. The fraction of sp³-hybridized carbons (Fsp3) is 0.588. The summed E-state index contributed by atoms with van der Waals surface area (Å²) in [6, 6.07) is 4.04. The highest BCUT2D eigenvalue weighted by Crippen LogP contribution is 2.39. The summed E-state index contributed by atoms with van der Waals surface area (Å²) in [5.41, 5.74) is 2.11. The molecule has 0 bridgehead atoms. The maximum absolute atomic E-state index is 11.0. The quantitative estimate of drug-likeness (QED) is 0.786. The minimum Gasteiger partial charge on any atom is -0.550 e. The van der Waals surface area contributed by atoms with E-state index in [-0.39, 0.29) is 18.3 Å². The maximum Gasteiger partial charge on any atom is 0.126 e. The number of carbonyl (C=O) groups is 1. The van der Waals surface area contributed by atoms with Gasteiger partial charge in [-0.25, -0.2) is 0 Å². The van der Waals surface area contributed by atoms with Gasteiger partial charge >= 0.3 is 0 Å². The van der Waals surface area contributed by atoms with E-state index in [1.165, 1.54) is 0 Å². The molecule has 1 aliphatic rings. The fourth-order valence-corrected chi connectivity index (χ4v) is 3.45. The summed E-state index contributed by atoms with van der Waals surface area (Å²) in [7, 11) is 5.31. The number of carboxylic acids is 1. The van der Waals surface area contributed by atoms with Crippen LogP contribution in [0.5, 0.6) is 11.5 Å². The van der Waals surface area contributed by atoms with Gasteiger partial charge in [-0.2, -0.15) is 0 Å². The second kappa shape index (κ2) is 7.01. The molecule has 1 saturated heterocycles. The first-order valence-corrected chi connectivity index (χ1v) is 7.63. The highest BCUT2D eigenvalue weighted by molar-refractivity contribution is 5.65. The average molecular weight is 306 g/mol. The van der Waals surface area contributed by atoms with Crippen LogP contribution in [0.25, 0.3) is 0 Å². The molecule has 0 radical (unpaired) electrons. The summed E-state index contributed by atoms with van der Waals surface area (Å²) in [5, 5.41) is 11.0. The van der Waals surface area contributed by atoms with E-state index in [9.17, 15) is 9.90 Å². The van der Waals surface area contributed by atoms with Crippen LogP contribution in [0, 0.1) is 5.92 Å². The summed E-state index contributed by atoms with van der Waals surface area (Å²) in [6.45, 7) is 3.65. The van der Waals surface area contributed by atoms with E-state index in [2.05, 4.69) is 11.8 Å². The van der Waals surface area contributed by atoms with Crippen molar-refractivity contribution in [3.63, 3.8) is 0 Å². The van der Waals surface area contributed by atoms with Crippen LogP contribution in [-0.4, -0.2) is 45.2 Å². The summed E-state index contributed by atoms with van der Waals surface area (Å²) in [4.78, 5) is 13.2. The molecule has 0 spiro atoms. The highest BCUT2D eigenvalue weighted by atomic mass is 16.5. The van der Waals surface area contributed by atoms with Gasteiger partial charge in [-0.3, -0.25) is 0 Å². The van der Waals surface area contributed by atoms with Gasteiger partial charge in [0, 0.05) is 30.5 Å². The predicted octanol–water partition coefficient (Wildman–Crippen LogP) is 1.05. The Morgan fingerprint density at radius 3 is 2.32 bits per heavy atom. The lowest BCUT2D eigenvalue weighted by molar-refractivity contribution is -0.306. The Bertz CT molecular complexity index is 518. The Morgan fingerprint density at radius 2 is 1.86 bits per heavy atom. The van der Waals surface area contributed by atoms with E-state index in [4.69, 9.17) is 9.47 Å². The zero-order valence-electron chi connectivity index (χ0n) is 13.7. The molecule has 2 unspecified atom stereocenters. The molecular formula is C17H24NO4-. The lowest BCUT2D eigenvalue weighted by Gasteiger charge is -2.22. The molecular weight excluding hydrogens is 282 g/mol. The van der Waals surface area contributed by atoms with Gasteiger partial charge in [-0.1, -0.05) is 6.92 Å². The monoisotopic (exact) mass is 306 g/mol. The van der Waals surface area contributed by atoms with Gasteiger partial charge in [-0.15, -0.1) is 0 Å². The standard InChI is InChI=1S/C17H25NO4/c1-5-13-15(21-3)6-11(7-16(13)22-4)14-10-18(2)9-12(14)8-17(19)20/h6-7,12,14H,5,8-10H2,1-4H3,(H,19,20)/p-1. The number of carboxylic acid groups (broad SMARTS) is 1. The van der Waals surface area contributed by atoms with Crippen LogP contribution < -0.4 is 14.6 Å². The number of nitrogens with zero attached hydrogens (tertiary/aromatic N) is 1. The van der Waals surface area contributed by atoms with Crippen molar-refractivity contribution in [2.75, 3.05) is 34.4 Å². The van der Waals surface area contributed by atoms with Crippen LogP contribution >= 0.6 is 0 Å². The van der Waals surface area contributed by atoms with Crippen molar-refractivity contribution < 1.29 is 19.4 Å². The molecule has 122 valence electrons. The SMILES string of the molecule is CCc1c(OC)cc(C2CN(C)CC2CC(=O)[O-])cc1OC. The van der Waals surface area contributed by atoms with E-state index in [0.29, 0.717) is 0 Å². The van der Waals surface area contributed by atoms with Gasteiger partial charge in [-0.05, 0) is 43.5 Å². The van der Waals surface area contributed by atoms with Gasteiger partial charge in [0.25, 0.3) is 0 Å². The largest absolute Gasteiger partial charge is 0.550 e. The zero-order valence-corrected chi connectivity index (χ0v) is 13.7. The minimum atomic E-state index is -0.991. The molecule has 1 heterocycles. The van der Waals surface area contributed by atoms with E-state index in [1.54, 1.807) is 14.2 Å². The van der Waals surface area contributed by atoms with Crippen LogP contribution in [0.15, 0.2) is 12.1 Å². The first-order chi connectivity index (χ1) is 10.5. The van der Waals surface area contributed by atoms with Crippen molar-refractivity contribution in [2.24, 2.45) is 5.92 Å². The molecule has 0 aromatic heterocycles. The number of methoxy groups -OCH3 is 2. The first-order valence-electron chi connectivity index (χ1n) is 7.63. The molecule has 0 N–H and O–H groups in total. The smallest absolute Gasteiger partial charge is 0.126 e. The maximum atomic E-state index is 11.0. The zero-order chi connectivity index (χ0) is 16.3. The third kappa shape index (κ3) is 3.35. The average Bonchev–Trinajstić information content (AvgIpc) is 2.85. The number of hydrogen-bond donors (Lipinski definition) is 0. The Balaban J connectivity index is 2.39. The Hall–Kier alpha value is -1.75. The molecule has 0 aliphatic carbocycles. The van der Waals surface area contributed by atoms with Gasteiger partial charge in [0.15, 0.2) is 0 Å². The number of likely N-dealkylation sites (N-methyl/N-ethyl adjacent to an activating group) is 1. The van der Waals surface area contributed by atoms with Crippen molar-refractivity contribution in [2.45, 2.75) is 25.7 Å². The summed E-state index contributed by atoms with van der Waals surface area (Å²) >= 11 is 0. The van der Waals surface area contributed by atoms with Gasteiger partial charge in [0.1, 0.15) is 11.5 Å². The van der Waals surface area contributed by atoms with Crippen molar-refractivity contribution in [1.29, 1.82) is 0 Å². The fourth-order valence-electron chi connectivity index (χ4n) is 3.45. The minimum absolute atomic E-state index is 0.0527. The second-order valence-electron chi connectivity index (χ2n) is 5.92. The molecule has 1 fully saturated rings. The number of benzene rings is 1. The van der Waals surface area contributed by atoms with Crippen molar-refractivity contribution in [3.8, 4) is 11.5 Å². The molecule has 1 aromatic carbocycles. The van der Waals surface area contributed by atoms with Crippen LogP contribution in [0.1, 0.15) is 30.4 Å². The topological polar surface area (TPSA) is 61.8 Å². The predicted molar refractivity (Wildman–Crippen MR) is 82.3 cm³/mol. The van der Waals surface area contributed by atoms with E-state index in [1.807, 2.05) is 19.2 Å². The first kappa shape index (κ1) is 16.6. The van der Waals surface area contributed by atoms with Crippen LogP contribution in [0.2, 0.25) is 0 Å². The van der Waals surface area contributed by atoms with E-state index in [0.717, 1.165) is 42.1 Å². The molecule has 1 aliphatic heterocycles. The van der Waals surface area contributed by atoms with Crippen LogP contribution in [0.4, 0.5) is 0 Å². The van der Waals surface area contributed by atoms with Crippen LogP contribution in [-0.2, 0) is 11.2 Å². The number of hydrogen-bond acceptors (Lipinski definition) is 5.